The number of rotatable bonds is 1. The first-order valence-corrected chi connectivity index (χ1v) is 22.8. The summed E-state index contributed by atoms with van der Waals surface area (Å²) in [7, 11) is 0. The van der Waals surface area contributed by atoms with Gasteiger partial charge in [0.25, 0.3) is 0 Å². The fourth-order valence-corrected chi connectivity index (χ4v) is 14.5. The number of hydrogen-bond donors (Lipinski definition) is 0. The van der Waals surface area contributed by atoms with Crippen molar-refractivity contribution in [2.24, 2.45) is 0 Å². The normalized spacial score (nSPS) is 14.1. The van der Waals surface area contributed by atoms with Gasteiger partial charge in [0.2, 0.25) is 6.71 Å². The highest BCUT2D eigenvalue weighted by molar-refractivity contribution is 8.01. The Bertz CT molecular complexity index is 3230. The third kappa shape index (κ3) is 4.64. The number of nitrogens with zero attached hydrogens (tertiary/aromatic N) is 1. The Hall–Kier alpha value is -4.46. The minimum absolute atomic E-state index is 0.0691. The molecular formula is C50H38BNS4. The molecule has 5 heterocycles. The molecule has 0 atom stereocenters. The molecule has 2 aliphatic rings. The molecule has 0 amide bonds. The second-order valence-corrected chi connectivity index (χ2v) is 22.0. The minimum atomic E-state index is 0.0691. The van der Waals surface area contributed by atoms with Crippen LogP contribution < -0.4 is 16.4 Å². The molecule has 0 radical (unpaired) electrons. The first kappa shape index (κ1) is 33.7. The van der Waals surface area contributed by atoms with Crippen LogP contribution in [0, 0.1) is 0 Å². The zero-order valence-corrected chi connectivity index (χ0v) is 35.5. The molecule has 6 heteroatoms. The molecule has 0 unspecified atom stereocenters. The fraction of sp³-hybridized carbons (Fsp3) is 0.160. The summed E-state index contributed by atoms with van der Waals surface area (Å²) in [5.74, 6) is 0. The van der Waals surface area contributed by atoms with E-state index in [9.17, 15) is 0 Å². The van der Waals surface area contributed by atoms with Crippen molar-refractivity contribution in [3.05, 3.63) is 132 Å². The molecule has 56 heavy (non-hydrogen) atoms. The highest BCUT2D eigenvalue weighted by Gasteiger charge is 2.40. The third-order valence-corrected chi connectivity index (χ3v) is 16.9. The molecule has 0 fully saturated rings. The number of para-hydroxylation sites is 1. The monoisotopic (exact) mass is 791 g/mol. The average molecular weight is 792 g/mol. The lowest BCUT2D eigenvalue weighted by molar-refractivity contribution is 0.590. The van der Waals surface area contributed by atoms with Crippen LogP contribution in [0.1, 0.15) is 52.7 Å². The SMILES string of the molecule is CC(C)(C)c1ccc2c(c1)B1c3cc(C(C)(C)C)ccc3Sc3cc(-n4c5ccccc5c5c6sc7ccccc7c6c6sc7ccccc7c6c54)cc(c31)S2. The summed E-state index contributed by atoms with van der Waals surface area (Å²) in [5, 5.41) is 8.18. The van der Waals surface area contributed by atoms with Gasteiger partial charge >= 0.3 is 0 Å². The van der Waals surface area contributed by atoms with Gasteiger partial charge in [-0.2, -0.15) is 0 Å². The van der Waals surface area contributed by atoms with E-state index in [1.165, 1.54) is 115 Å². The van der Waals surface area contributed by atoms with Crippen molar-refractivity contribution >= 4 is 131 Å². The number of thiophene rings is 2. The van der Waals surface area contributed by atoms with Gasteiger partial charge in [0, 0.05) is 76.4 Å². The lowest BCUT2D eigenvalue weighted by Crippen LogP contribution is -2.58. The van der Waals surface area contributed by atoms with Crippen LogP contribution in [-0.4, -0.2) is 11.3 Å². The Labute approximate surface area is 343 Å². The van der Waals surface area contributed by atoms with Crippen LogP contribution in [-0.2, 0) is 10.8 Å². The molecule has 0 saturated carbocycles. The summed E-state index contributed by atoms with van der Waals surface area (Å²) < 4.78 is 8.11. The standard InChI is InChI=1S/C50H38BNS4/c1-49(2,3)27-19-21-38-33(23-27)51-34-24-28(50(4,5)6)20-22-39(34)54-41-26-29(25-40(53-38)45(41)51)52-35-16-10-7-13-30(35)42-46(52)43-31-14-8-11-17-36(31)55-48(43)44-32-15-9-12-18-37(32)56-47(42)44/h7-26H,1-6H3. The lowest BCUT2D eigenvalue weighted by atomic mass is 9.36. The van der Waals surface area contributed by atoms with Crippen LogP contribution in [0.5, 0.6) is 0 Å². The molecule has 10 aromatic rings. The predicted molar refractivity (Wildman–Crippen MR) is 250 cm³/mol. The Morgan fingerprint density at radius 1 is 0.482 bits per heavy atom. The molecular weight excluding hydrogens is 754 g/mol. The van der Waals surface area contributed by atoms with E-state index in [1.54, 1.807) is 0 Å². The Kier molecular flexibility index (Phi) is 6.96. The molecule has 270 valence electrons. The van der Waals surface area contributed by atoms with Crippen molar-refractivity contribution in [3.63, 3.8) is 0 Å². The van der Waals surface area contributed by atoms with E-state index in [4.69, 9.17) is 0 Å². The second kappa shape index (κ2) is 11.6. The summed E-state index contributed by atoms with van der Waals surface area (Å²) in [4.78, 5) is 5.49. The van der Waals surface area contributed by atoms with Crippen molar-refractivity contribution in [3.8, 4) is 5.69 Å². The topological polar surface area (TPSA) is 4.93 Å². The summed E-state index contributed by atoms with van der Waals surface area (Å²) in [5.41, 5.74) is 11.1. The highest BCUT2D eigenvalue weighted by atomic mass is 32.2. The maximum atomic E-state index is 2.62. The van der Waals surface area contributed by atoms with Crippen LogP contribution in [0.2, 0.25) is 0 Å². The quantitative estimate of drug-likeness (QED) is 0.153. The van der Waals surface area contributed by atoms with Crippen LogP contribution in [0.25, 0.3) is 67.8 Å². The van der Waals surface area contributed by atoms with E-state index in [0.29, 0.717) is 0 Å². The molecule has 3 aromatic heterocycles. The lowest BCUT2D eigenvalue weighted by Gasteiger charge is -2.35. The zero-order chi connectivity index (χ0) is 37.8. The molecule has 7 aromatic carbocycles. The summed E-state index contributed by atoms with van der Waals surface area (Å²) in [6, 6.07) is 46.9. The van der Waals surface area contributed by atoms with E-state index < -0.39 is 0 Å². The number of hydrogen-bond acceptors (Lipinski definition) is 4. The molecule has 0 N–H and O–H groups in total. The Morgan fingerprint density at radius 3 is 1.52 bits per heavy atom. The maximum absolute atomic E-state index is 2.62. The van der Waals surface area contributed by atoms with Crippen molar-refractivity contribution in [1.29, 1.82) is 0 Å². The van der Waals surface area contributed by atoms with Gasteiger partial charge in [-0.1, -0.05) is 155 Å². The predicted octanol–water partition coefficient (Wildman–Crippen LogP) is 13.6. The van der Waals surface area contributed by atoms with Gasteiger partial charge in [0.1, 0.15) is 0 Å². The van der Waals surface area contributed by atoms with Crippen molar-refractivity contribution in [2.75, 3.05) is 0 Å². The van der Waals surface area contributed by atoms with Crippen molar-refractivity contribution < 1.29 is 0 Å². The smallest absolute Gasteiger partial charge is 0.247 e. The number of fused-ring (bicyclic) bond motifs is 16. The van der Waals surface area contributed by atoms with Crippen LogP contribution in [0.4, 0.5) is 0 Å². The van der Waals surface area contributed by atoms with Gasteiger partial charge in [-0.05, 0) is 69.9 Å². The zero-order valence-electron chi connectivity index (χ0n) is 32.2. The molecule has 2 aliphatic heterocycles. The van der Waals surface area contributed by atoms with Gasteiger partial charge in [-0.15, -0.1) is 22.7 Å². The molecule has 0 spiro atoms. The summed E-state index contributed by atoms with van der Waals surface area (Å²) >= 11 is 7.84. The van der Waals surface area contributed by atoms with Gasteiger partial charge in [-0.3, -0.25) is 0 Å². The molecule has 1 nitrogen and oxygen atoms in total. The first-order valence-electron chi connectivity index (χ1n) is 19.5. The van der Waals surface area contributed by atoms with E-state index >= 15 is 0 Å². The van der Waals surface area contributed by atoms with E-state index in [0.717, 1.165) is 0 Å². The van der Waals surface area contributed by atoms with Crippen LogP contribution in [0.15, 0.2) is 141 Å². The molecule has 0 aliphatic carbocycles. The van der Waals surface area contributed by atoms with Crippen molar-refractivity contribution in [1.82, 2.24) is 4.57 Å². The van der Waals surface area contributed by atoms with Crippen LogP contribution >= 0.6 is 46.2 Å². The fourth-order valence-electron chi connectivity index (χ4n) is 9.43. The van der Waals surface area contributed by atoms with Gasteiger partial charge in [0.15, 0.2) is 0 Å². The number of aromatic nitrogens is 1. The maximum Gasteiger partial charge on any atom is 0.247 e. The first-order chi connectivity index (χ1) is 27.0. The van der Waals surface area contributed by atoms with E-state index in [-0.39, 0.29) is 17.5 Å². The third-order valence-electron chi connectivity index (χ3n) is 12.2. The average Bonchev–Trinajstić information content (AvgIpc) is 3.86. The second-order valence-electron chi connectivity index (χ2n) is 17.7. The van der Waals surface area contributed by atoms with Gasteiger partial charge in [-0.25, -0.2) is 0 Å². The Morgan fingerprint density at radius 2 is 0.964 bits per heavy atom. The Balaban J connectivity index is 1.20. The van der Waals surface area contributed by atoms with E-state index in [2.05, 4.69) is 167 Å². The largest absolute Gasteiger partial charge is 0.308 e. The van der Waals surface area contributed by atoms with Crippen molar-refractivity contribution in [2.45, 2.75) is 72.0 Å². The molecule has 0 bridgehead atoms. The highest BCUT2D eigenvalue weighted by Crippen LogP contribution is 2.52. The van der Waals surface area contributed by atoms with Gasteiger partial charge in [0.05, 0.1) is 11.0 Å². The summed E-state index contributed by atoms with van der Waals surface area (Å²) in [6.07, 6.45) is 0. The minimum Gasteiger partial charge on any atom is -0.308 e. The molecule has 0 saturated heterocycles. The van der Waals surface area contributed by atoms with Crippen LogP contribution in [0.3, 0.4) is 0 Å². The number of benzene rings is 7. The molecule has 12 rings (SSSR count). The summed E-state index contributed by atoms with van der Waals surface area (Å²) in [6.45, 7) is 14.2. The van der Waals surface area contributed by atoms with Gasteiger partial charge < -0.3 is 4.57 Å². The van der Waals surface area contributed by atoms with E-state index in [1.807, 2.05) is 46.2 Å².